The first-order valence-corrected chi connectivity index (χ1v) is 6.59. The zero-order valence-electron chi connectivity index (χ0n) is 10.8. The monoisotopic (exact) mass is 224 g/mol. The molecule has 2 fully saturated rings. The highest BCUT2D eigenvalue weighted by Gasteiger charge is 2.41. The molecule has 92 valence electrons. The second-order valence-corrected chi connectivity index (χ2v) is 5.86. The van der Waals surface area contributed by atoms with Crippen molar-refractivity contribution in [2.24, 2.45) is 5.92 Å². The molecule has 0 radical (unpaired) electrons. The van der Waals surface area contributed by atoms with Crippen LogP contribution < -0.4 is 5.32 Å². The molecule has 0 spiro atoms. The molecule has 3 nitrogen and oxygen atoms in total. The minimum Gasteiger partial charge on any atom is -0.338 e. The van der Waals surface area contributed by atoms with E-state index in [-0.39, 0.29) is 5.54 Å². The number of likely N-dealkylation sites (tertiary alicyclic amines) is 1. The van der Waals surface area contributed by atoms with Gasteiger partial charge in [0.1, 0.15) is 0 Å². The summed E-state index contributed by atoms with van der Waals surface area (Å²) < 4.78 is 0. The van der Waals surface area contributed by atoms with E-state index >= 15 is 0 Å². The molecule has 0 saturated carbocycles. The van der Waals surface area contributed by atoms with Gasteiger partial charge in [-0.3, -0.25) is 4.79 Å². The van der Waals surface area contributed by atoms with Gasteiger partial charge in [0.05, 0.1) is 5.54 Å². The lowest BCUT2D eigenvalue weighted by Crippen LogP contribution is -2.58. The Bertz CT molecular complexity index is 271. The minimum absolute atomic E-state index is 0.295. The number of nitrogens with zero attached hydrogens (tertiary/aromatic N) is 1. The average molecular weight is 224 g/mol. The highest BCUT2D eigenvalue weighted by molar-refractivity contribution is 5.86. The predicted molar refractivity (Wildman–Crippen MR) is 65.2 cm³/mol. The number of carbonyl (C=O) groups excluding carboxylic acids is 1. The Morgan fingerprint density at radius 2 is 2.12 bits per heavy atom. The van der Waals surface area contributed by atoms with E-state index in [0.717, 1.165) is 25.9 Å². The molecule has 3 unspecified atom stereocenters. The number of hydrogen-bond donors (Lipinski definition) is 1. The molecule has 0 aromatic carbocycles. The van der Waals surface area contributed by atoms with Crippen molar-refractivity contribution in [2.75, 3.05) is 13.1 Å². The number of hydrogen-bond acceptors (Lipinski definition) is 2. The van der Waals surface area contributed by atoms with E-state index in [9.17, 15) is 4.79 Å². The molecule has 0 aromatic heterocycles. The van der Waals surface area contributed by atoms with E-state index in [1.165, 1.54) is 12.8 Å². The van der Waals surface area contributed by atoms with E-state index < -0.39 is 0 Å². The van der Waals surface area contributed by atoms with Gasteiger partial charge in [-0.2, -0.15) is 0 Å². The van der Waals surface area contributed by atoms with Gasteiger partial charge in [0, 0.05) is 12.6 Å². The van der Waals surface area contributed by atoms with E-state index in [1.807, 2.05) is 0 Å². The van der Waals surface area contributed by atoms with Gasteiger partial charge in [0.25, 0.3) is 0 Å². The summed E-state index contributed by atoms with van der Waals surface area (Å²) in [6.45, 7) is 8.41. The molecule has 0 aliphatic carbocycles. The summed E-state index contributed by atoms with van der Waals surface area (Å²) in [5, 5.41) is 3.42. The summed E-state index contributed by atoms with van der Waals surface area (Å²) in [5.41, 5.74) is -0.295. The second kappa shape index (κ2) is 4.36. The van der Waals surface area contributed by atoms with E-state index in [1.54, 1.807) is 0 Å². The van der Waals surface area contributed by atoms with Crippen molar-refractivity contribution in [3.8, 4) is 0 Å². The Labute approximate surface area is 98.6 Å². The number of amides is 1. The van der Waals surface area contributed by atoms with Gasteiger partial charge in [-0.15, -0.1) is 0 Å². The van der Waals surface area contributed by atoms with Crippen LogP contribution in [0.1, 0.15) is 46.5 Å². The lowest BCUT2D eigenvalue weighted by molar-refractivity contribution is -0.139. The standard InChI is InChI=1S/C13H24N2O/c1-10-8-11(2)15(9-10)12(16)13(3)6-4-5-7-14-13/h10-11,14H,4-9H2,1-3H3. The van der Waals surface area contributed by atoms with Gasteiger partial charge < -0.3 is 10.2 Å². The zero-order chi connectivity index (χ0) is 11.8. The Kier molecular flexibility index (Phi) is 3.24. The van der Waals surface area contributed by atoms with Crippen LogP contribution in [0.2, 0.25) is 0 Å². The summed E-state index contributed by atoms with van der Waals surface area (Å²) in [6, 6.07) is 0.419. The van der Waals surface area contributed by atoms with Crippen molar-refractivity contribution >= 4 is 5.91 Å². The van der Waals surface area contributed by atoms with Gasteiger partial charge >= 0.3 is 0 Å². The highest BCUT2D eigenvalue weighted by Crippen LogP contribution is 2.28. The average Bonchev–Trinajstić information content (AvgIpc) is 2.58. The Morgan fingerprint density at radius 3 is 2.62 bits per heavy atom. The van der Waals surface area contributed by atoms with Crippen LogP contribution in [0.3, 0.4) is 0 Å². The molecule has 1 amide bonds. The molecule has 3 heteroatoms. The molecular formula is C13H24N2O. The van der Waals surface area contributed by atoms with Gasteiger partial charge in [-0.1, -0.05) is 6.92 Å². The minimum atomic E-state index is -0.295. The zero-order valence-corrected chi connectivity index (χ0v) is 10.8. The molecule has 3 atom stereocenters. The summed E-state index contributed by atoms with van der Waals surface area (Å²) >= 11 is 0. The van der Waals surface area contributed by atoms with Crippen molar-refractivity contribution in [3.63, 3.8) is 0 Å². The van der Waals surface area contributed by atoms with E-state index in [4.69, 9.17) is 0 Å². The fourth-order valence-electron chi connectivity index (χ4n) is 3.14. The summed E-state index contributed by atoms with van der Waals surface area (Å²) in [6.07, 6.45) is 4.52. The van der Waals surface area contributed by atoms with Crippen LogP contribution in [-0.2, 0) is 4.79 Å². The molecule has 2 aliphatic heterocycles. The van der Waals surface area contributed by atoms with Crippen LogP contribution in [0, 0.1) is 5.92 Å². The lowest BCUT2D eigenvalue weighted by Gasteiger charge is -2.38. The predicted octanol–water partition coefficient (Wildman–Crippen LogP) is 1.78. The fraction of sp³-hybridized carbons (Fsp3) is 0.923. The molecule has 16 heavy (non-hydrogen) atoms. The Morgan fingerprint density at radius 1 is 1.38 bits per heavy atom. The quantitative estimate of drug-likeness (QED) is 0.736. The SMILES string of the molecule is CC1CC(C)N(C(=O)C2(C)CCCCN2)C1. The third kappa shape index (κ3) is 2.10. The normalized spacial score (nSPS) is 40.1. The summed E-state index contributed by atoms with van der Waals surface area (Å²) in [5.74, 6) is 0.982. The van der Waals surface area contributed by atoms with Crippen LogP contribution >= 0.6 is 0 Å². The first-order valence-electron chi connectivity index (χ1n) is 6.59. The number of piperidine rings is 1. The molecule has 2 saturated heterocycles. The van der Waals surface area contributed by atoms with Crippen LogP contribution in [0.5, 0.6) is 0 Å². The van der Waals surface area contributed by atoms with Crippen molar-refractivity contribution < 1.29 is 4.79 Å². The highest BCUT2D eigenvalue weighted by atomic mass is 16.2. The molecule has 1 N–H and O–H groups in total. The van der Waals surface area contributed by atoms with Crippen LogP contribution in [0.15, 0.2) is 0 Å². The third-order valence-electron chi connectivity index (χ3n) is 4.14. The molecule has 0 aromatic rings. The maximum Gasteiger partial charge on any atom is 0.242 e. The topological polar surface area (TPSA) is 32.3 Å². The summed E-state index contributed by atoms with van der Waals surface area (Å²) in [4.78, 5) is 14.6. The first kappa shape index (κ1) is 11.9. The summed E-state index contributed by atoms with van der Waals surface area (Å²) in [7, 11) is 0. The first-order chi connectivity index (χ1) is 7.53. The van der Waals surface area contributed by atoms with Gasteiger partial charge in [0.2, 0.25) is 5.91 Å². The van der Waals surface area contributed by atoms with Crippen molar-refractivity contribution in [1.82, 2.24) is 10.2 Å². The van der Waals surface area contributed by atoms with Gasteiger partial charge in [-0.05, 0) is 52.0 Å². The third-order valence-corrected chi connectivity index (χ3v) is 4.14. The maximum absolute atomic E-state index is 12.5. The molecule has 2 rings (SSSR count). The maximum atomic E-state index is 12.5. The van der Waals surface area contributed by atoms with Gasteiger partial charge in [0.15, 0.2) is 0 Å². The largest absolute Gasteiger partial charge is 0.338 e. The Balaban J connectivity index is 2.06. The lowest BCUT2D eigenvalue weighted by atomic mass is 9.89. The van der Waals surface area contributed by atoms with E-state index in [0.29, 0.717) is 17.9 Å². The Hall–Kier alpha value is -0.570. The number of carbonyl (C=O) groups is 1. The number of nitrogens with one attached hydrogen (secondary N) is 1. The molecule has 2 aliphatic rings. The van der Waals surface area contributed by atoms with Crippen LogP contribution in [-0.4, -0.2) is 35.5 Å². The van der Waals surface area contributed by atoms with Gasteiger partial charge in [-0.25, -0.2) is 0 Å². The molecule has 0 bridgehead atoms. The van der Waals surface area contributed by atoms with Crippen molar-refractivity contribution in [1.29, 1.82) is 0 Å². The molecular weight excluding hydrogens is 200 g/mol. The van der Waals surface area contributed by atoms with Crippen molar-refractivity contribution in [3.05, 3.63) is 0 Å². The van der Waals surface area contributed by atoms with E-state index in [2.05, 4.69) is 31.0 Å². The number of rotatable bonds is 1. The molecule has 2 heterocycles. The fourth-order valence-corrected chi connectivity index (χ4v) is 3.14. The van der Waals surface area contributed by atoms with Crippen LogP contribution in [0.25, 0.3) is 0 Å². The smallest absolute Gasteiger partial charge is 0.242 e. The van der Waals surface area contributed by atoms with Crippen LogP contribution in [0.4, 0.5) is 0 Å². The van der Waals surface area contributed by atoms with Crippen molar-refractivity contribution in [2.45, 2.75) is 58.0 Å². The second-order valence-electron chi connectivity index (χ2n) is 5.86.